The second kappa shape index (κ2) is 10.1. The summed E-state index contributed by atoms with van der Waals surface area (Å²) in [6.45, 7) is 9.83. The Morgan fingerprint density at radius 3 is 2.44 bits per heavy atom. The third-order valence-corrected chi connectivity index (χ3v) is 2.96. The van der Waals surface area contributed by atoms with Gasteiger partial charge in [0.05, 0.1) is 0 Å². The van der Waals surface area contributed by atoms with Crippen LogP contribution in [0.15, 0.2) is 0 Å². The average Bonchev–Trinajstić information content (AvgIpc) is 2.24. The molecule has 0 saturated heterocycles. The summed E-state index contributed by atoms with van der Waals surface area (Å²) in [5, 5.41) is 3.45. The highest BCUT2D eigenvalue weighted by Gasteiger charge is 2.07. The maximum absolute atomic E-state index is 5.06. The summed E-state index contributed by atoms with van der Waals surface area (Å²) in [4.78, 5) is 2.42. The van der Waals surface area contributed by atoms with Crippen LogP contribution >= 0.6 is 0 Å². The highest BCUT2D eigenvalue weighted by Crippen LogP contribution is 2.04. The summed E-state index contributed by atoms with van der Waals surface area (Å²) >= 11 is 0. The van der Waals surface area contributed by atoms with Gasteiger partial charge in [-0.25, -0.2) is 0 Å². The molecule has 0 heterocycles. The Labute approximate surface area is 102 Å². The maximum atomic E-state index is 5.06. The van der Waals surface area contributed by atoms with Crippen molar-refractivity contribution in [3.05, 3.63) is 0 Å². The predicted octanol–water partition coefficient (Wildman–Crippen LogP) is 2.12. The molecule has 3 heteroatoms. The molecule has 3 nitrogen and oxygen atoms in total. The van der Waals surface area contributed by atoms with Crippen molar-refractivity contribution in [1.29, 1.82) is 0 Å². The third kappa shape index (κ3) is 9.13. The van der Waals surface area contributed by atoms with Gasteiger partial charge in [-0.15, -0.1) is 0 Å². The molecule has 0 fully saturated rings. The molecule has 0 radical (unpaired) electrons. The van der Waals surface area contributed by atoms with E-state index in [9.17, 15) is 0 Å². The Kier molecular flexibility index (Phi) is 9.99. The Morgan fingerprint density at radius 1 is 1.19 bits per heavy atom. The Morgan fingerprint density at radius 2 is 1.88 bits per heavy atom. The van der Waals surface area contributed by atoms with Crippen molar-refractivity contribution in [3.63, 3.8) is 0 Å². The van der Waals surface area contributed by atoms with E-state index in [1.54, 1.807) is 7.11 Å². The summed E-state index contributed by atoms with van der Waals surface area (Å²) in [5.41, 5.74) is 0. The lowest BCUT2D eigenvalue weighted by Gasteiger charge is -2.24. The molecule has 0 rings (SSSR count). The van der Waals surface area contributed by atoms with E-state index in [1.165, 1.54) is 12.8 Å². The van der Waals surface area contributed by atoms with Gasteiger partial charge in [-0.2, -0.15) is 0 Å². The van der Waals surface area contributed by atoms with Gasteiger partial charge in [0.25, 0.3) is 0 Å². The molecule has 0 bridgehead atoms. The number of hydrogen-bond donors (Lipinski definition) is 1. The van der Waals surface area contributed by atoms with Gasteiger partial charge in [0.15, 0.2) is 0 Å². The van der Waals surface area contributed by atoms with Crippen molar-refractivity contribution in [3.8, 4) is 0 Å². The molecule has 0 aromatic carbocycles. The van der Waals surface area contributed by atoms with E-state index in [0.29, 0.717) is 12.1 Å². The lowest BCUT2D eigenvalue weighted by molar-refractivity contribution is 0.165. The largest absolute Gasteiger partial charge is 0.385 e. The van der Waals surface area contributed by atoms with E-state index in [-0.39, 0.29) is 0 Å². The molecule has 0 spiro atoms. The van der Waals surface area contributed by atoms with Crippen molar-refractivity contribution in [2.24, 2.45) is 0 Å². The number of nitrogens with zero attached hydrogens (tertiary/aromatic N) is 1. The highest BCUT2D eigenvalue weighted by molar-refractivity contribution is 4.64. The fraction of sp³-hybridized carbons (Fsp3) is 1.00. The monoisotopic (exact) mass is 230 g/mol. The summed E-state index contributed by atoms with van der Waals surface area (Å²) in [6.07, 6.45) is 3.65. The quantitative estimate of drug-likeness (QED) is 0.582. The molecule has 98 valence electrons. The summed E-state index contributed by atoms with van der Waals surface area (Å²) in [6, 6.07) is 1.28. The second-order valence-corrected chi connectivity index (χ2v) is 4.93. The molecular weight excluding hydrogens is 200 g/mol. The molecule has 0 aromatic rings. The van der Waals surface area contributed by atoms with E-state index >= 15 is 0 Å². The van der Waals surface area contributed by atoms with Gasteiger partial charge >= 0.3 is 0 Å². The Balaban J connectivity index is 3.43. The molecule has 0 saturated carbocycles. The third-order valence-electron chi connectivity index (χ3n) is 2.96. The van der Waals surface area contributed by atoms with E-state index < -0.39 is 0 Å². The van der Waals surface area contributed by atoms with Gasteiger partial charge < -0.3 is 15.0 Å². The van der Waals surface area contributed by atoms with Crippen LogP contribution in [0.5, 0.6) is 0 Å². The van der Waals surface area contributed by atoms with Crippen molar-refractivity contribution < 1.29 is 4.74 Å². The summed E-state index contributed by atoms with van der Waals surface area (Å²) < 4.78 is 5.06. The summed E-state index contributed by atoms with van der Waals surface area (Å²) in [7, 11) is 3.97. The first-order valence-electron chi connectivity index (χ1n) is 6.50. The fourth-order valence-electron chi connectivity index (χ4n) is 1.69. The molecule has 0 aromatic heterocycles. The number of rotatable bonds is 10. The van der Waals surface area contributed by atoms with E-state index in [4.69, 9.17) is 4.74 Å². The zero-order valence-corrected chi connectivity index (χ0v) is 11.8. The molecule has 1 N–H and O–H groups in total. The molecule has 0 aliphatic rings. The first-order valence-corrected chi connectivity index (χ1v) is 6.50. The van der Waals surface area contributed by atoms with Gasteiger partial charge in [-0.1, -0.05) is 13.8 Å². The molecule has 0 amide bonds. The number of methoxy groups -OCH3 is 1. The Hall–Kier alpha value is -0.120. The number of ether oxygens (including phenoxy) is 1. The van der Waals surface area contributed by atoms with Crippen LogP contribution in [0, 0.1) is 0 Å². The smallest absolute Gasteiger partial charge is 0.0474 e. The van der Waals surface area contributed by atoms with E-state index in [0.717, 1.165) is 26.1 Å². The molecule has 0 aliphatic carbocycles. The van der Waals surface area contributed by atoms with Crippen LogP contribution in [0.25, 0.3) is 0 Å². The lowest BCUT2D eigenvalue weighted by atomic mass is 10.1. The van der Waals surface area contributed by atoms with Crippen molar-refractivity contribution in [2.75, 3.05) is 33.9 Å². The van der Waals surface area contributed by atoms with Crippen LogP contribution in [0.2, 0.25) is 0 Å². The van der Waals surface area contributed by atoms with Gasteiger partial charge in [0, 0.05) is 32.3 Å². The van der Waals surface area contributed by atoms with Crippen LogP contribution in [-0.4, -0.2) is 50.8 Å². The average molecular weight is 230 g/mol. The van der Waals surface area contributed by atoms with Crippen LogP contribution in [0.4, 0.5) is 0 Å². The Bertz CT molecular complexity index is 151. The van der Waals surface area contributed by atoms with Crippen molar-refractivity contribution in [2.45, 2.75) is 52.1 Å². The molecule has 1 unspecified atom stereocenters. The second-order valence-electron chi connectivity index (χ2n) is 4.93. The van der Waals surface area contributed by atoms with Crippen LogP contribution in [0.1, 0.15) is 40.0 Å². The predicted molar refractivity (Wildman–Crippen MR) is 71.0 cm³/mol. The minimum atomic E-state index is 0.606. The van der Waals surface area contributed by atoms with Crippen molar-refractivity contribution in [1.82, 2.24) is 10.2 Å². The van der Waals surface area contributed by atoms with Gasteiger partial charge in [0.1, 0.15) is 0 Å². The first-order chi connectivity index (χ1) is 7.57. The molecule has 16 heavy (non-hydrogen) atoms. The number of hydrogen-bond acceptors (Lipinski definition) is 3. The van der Waals surface area contributed by atoms with Gasteiger partial charge in [-0.05, 0) is 39.8 Å². The first kappa shape index (κ1) is 15.9. The highest BCUT2D eigenvalue weighted by atomic mass is 16.5. The number of nitrogens with one attached hydrogen (secondary N) is 1. The molecule has 0 aliphatic heterocycles. The maximum Gasteiger partial charge on any atom is 0.0474 e. The lowest BCUT2D eigenvalue weighted by Crippen LogP contribution is -2.32. The van der Waals surface area contributed by atoms with Gasteiger partial charge in [-0.3, -0.25) is 0 Å². The summed E-state index contributed by atoms with van der Waals surface area (Å²) in [5.74, 6) is 0. The minimum absolute atomic E-state index is 0.606. The van der Waals surface area contributed by atoms with Gasteiger partial charge in [0.2, 0.25) is 0 Å². The van der Waals surface area contributed by atoms with Crippen LogP contribution in [0.3, 0.4) is 0 Å². The topological polar surface area (TPSA) is 24.5 Å². The normalized spacial score (nSPS) is 13.7. The van der Waals surface area contributed by atoms with Crippen LogP contribution < -0.4 is 5.32 Å². The van der Waals surface area contributed by atoms with Crippen molar-refractivity contribution >= 4 is 0 Å². The van der Waals surface area contributed by atoms with E-state index in [2.05, 4.69) is 38.0 Å². The molecular formula is C13H30N2O. The molecule has 1 atom stereocenters. The zero-order valence-electron chi connectivity index (χ0n) is 11.8. The standard InChI is InChI=1S/C13H30N2O/c1-12(2)14-9-6-8-13(3)15(4)10-7-11-16-5/h12-14H,6-11H2,1-5H3. The van der Waals surface area contributed by atoms with Crippen LogP contribution in [-0.2, 0) is 4.74 Å². The zero-order chi connectivity index (χ0) is 12.4. The van der Waals surface area contributed by atoms with E-state index in [1.807, 2.05) is 0 Å². The minimum Gasteiger partial charge on any atom is -0.385 e. The fourth-order valence-corrected chi connectivity index (χ4v) is 1.69. The SMILES string of the molecule is COCCCN(C)C(C)CCCNC(C)C.